The van der Waals surface area contributed by atoms with Gasteiger partial charge in [-0.25, -0.2) is 0 Å². The van der Waals surface area contributed by atoms with Gasteiger partial charge in [-0.3, -0.25) is 4.79 Å². The van der Waals surface area contributed by atoms with Crippen LogP contribution in [-0.4, -0.2) is 18.0 Å². The van der Waals surface area contributed by atoms with E-state index in [0.29, 0.717) is 25.2 Å². The van der Waals surface area contributed by atoms with E-state index in [2.05, 4.69) is 22.8 Å². The molecule has 150 valence electrons. The van der Waals surface area contributed by atoms with Gasteiger partial charge in [-0.15, -0.1) is 12.4 Å². The van der Waals surface area contributed by atoms with Crippen LogP contribution in [0.3, 0.4) is 0 Å². The van der Waals surface area contributed by atoms with Crippen LogP contribution >= 0.6 is 12.4 Å². The van der Waals surface area contributed by atoms with E-state index in [4.69, 9.17) is 4.74 Å². The van der Waals surface area contributed by atoms with Crippen molar-refractivity contribution in [2.24, 2.45) is 5.92 Å². The van der Waals surface area contributed by atoms with Gasteiger partial charge in [0, 0.05) is 11.7 Å². The lowest BCUT2D eigenvalue weighted by Gasteiger charge is -2.24. The maximum absolute atomic E-state index is 12.6. The van der Waals surface area contributed by atoms with Crippen molar-refractivity contribution in [3.8, 4) is 0 Å². The lowest BCUT2D eigenvalue weighted by molar-refractivity contribution is -0.117. The summed E-state index contributed by atoms with van der Waals surface area (Å²) in [5, 5.41) is 6.60. The largest absolute Gasteiger partial charge is 0.372 e. The Morgan fingerprint density at radius 3 is 2.36 bits per heavy atom. The van der Waals surface area contributed by atoms with Crippen molar-refractivity contribution in [2.45, 2.75) is 57.4 Å². The van der Waals surface area contributed by atoms with E-state index in [-0.39, 0.29) is 24.4 Å². The van der Waals surface area contributed by atoms with Gasteiger partial charge in [0.2, 0.25) is 5.91 Å². The number of amides is 1. The van der Waals surface area contributed by atoms with Crippen LogP contribution < -0.4 is 10.6 Å². The zero-order chi connectivity index (χ0) is 18.5. The van der Waals surface area contributed by atoms with Crippen molar-refractivity contribution < 1.29 is 9.53 Å². The van der Waals surface area contributed by atoms with E-state index >= 15 is 0 Å². The molecule has 1 heterocycles. The van der Waals surface area contributed by atoms with E-state index in [1.54, 1.807) is 0 Å². The minimum atomic E-state index is -0.0491. The fraction of sp³-hybridized carbons (Fsp3) is 0.435. The quantitative estimate of drug-likeness (QED) is 0.739. The van der Waals surface area contributed by atoms with E-state index in [1.807, 2.05) is 42.5 Å². The van der Waals surface area contributed by atoms with Crippen molar-refractivity contribution in [1.82, 2.24) is 5.32 Å². The third-order valence-corrected chi connectivity index (χ3v) is 5.78. The van der Waals surface area contributed by atoms with Crippen LogP contribution in [-0.2, 0) is 22.7 Å². The number of benzene rings is 2. The molecular weight excluding hydrogens is 372 g/mol. The summed E-state index contributed by atoms with van der Waals surface area (Å²) in [4.78, 5) is 12.6. The zero-order valence-corrected chi connectivity index (χ0v) is 16.9. The Kier molecular flexibility index (Phi) is 7.49. The van der Waals surface area contributed by atoms with E-state index in [1.165, 1.54) is 31.2 Å². The number of carbonyl (C=O) groups excluding carboxylic acids is 1. The SMILES string of the molecule is Cl.O=C(Nc1ccc(COCc2ccccc2)cc1)C1CC2CCCCC2N1. The first kappa shape index (κ1) is 20.8. The van der Waals surface area contributed by atoms with Gasteiger partial charge in [0.1, 0.15) is 0 Å². The normalized spacial score (nSPS) is 23.5. The Balaban J connectivity index is 0.00000225. The number of carbonyl (C=O) groups is 1. The molecule has 2 aromatic rings. The Morgan fingerprint density at radius 2 is 1.64 bits per heavy atom. The topological polar surface area (TPSA) is 50.4 Å². The number of nitrogens with one attached hydrogen (secondary N) is 2. The molecule has 0 aromatic heterocycles. The molecule has 1 aliphatic heterocycles. The molecule has 1 saturated carbocycles. The highest BCUT2D eigenvalue weighted by molar-refractivity contribution is 5.95. The second kappa shape index (κ2) is 10.1. The Labute approximate surface area is 173 Å². The maximum Gasteiger partial charge on any atom is 0.241 e. The summed E-state index contributed by atoms with van der Waals surface area (Å²) in [5.74, 6) is 0.774. The zero-order valence-electron chi connectivity index (χ0n) is 16.1. The van der Waals surface area contributed by atoms with E-state index < -0.39 is 0 Å². The molecule has 1 saturated heterocycles. The highest BCUT2D eigenvalue weighted by Gasteiger charge is 2.38. The number of halogens is 1. The van der Waals surface area contributed by atoms with Gasteiger partial charge < -0.3 is 15.4 Å². The molecule has 1 amide bonds. The van der Waals surface area contributed by atoms with Gasteiger partial charge in [-0.1, -0.05) is 55.3 Å². The summed E-state index contributed by atoms with van der Waals surface area (Å²) in [6, 6.07) is 18.6. The van der Waals surface area contributed by atoms with E-state index in [9.17, 15) is 4.79 Å². The average Bonchev–Trinajstić information content (AvgIpc) is 3.15. The smallest absolute Gasteiger partial charge is 0.241 e. The van der Waals surface area contributed by atoms with Gasteiger partial charge in [-0.05, 0) is 48.4 Å². The number of hydrogen-bond donors (Lipinski definition) is 2. The second-order valence-corrected chi connectivity index (χ2v) is 7.77. The molecular formula is C23H29ClN2O2. The van der Waals surface area contributed by atoms with Gasteiger partial charge in [0.15, 0.2) is 0 Å². The van der Waals surface area contributed by atoms with Crippen LogP contribution in [0.1, 0.15) is 43.2 Å². The lowest BCUT2D eigenvalue weighted by atomic mass is 9.85. The molecule has 4 rings (SSSR count). The molecule has 5 heteroatoms. The number of ether oxygens (including phenoxy) is 1. The molecule has 0 radical (unpaired) electrons. The fourth-order valence-electron chi connectivity index (χ4n) is 4.30. The molecule has 28 heavy (non-hydrogen) atoms. The molecule has 0 bridgehead atoms. The van der Waals surface area contributed by atoms with Gasteiger partial charge in [-0.2, -0.15) is 0 Å². The van der Waals surface area contributed by atoms with Crippen LogP contribution in [0.4, 0.5) is 5.69 Å². The molecule has 2 aromatic carbocycles. The summed E-state index contributed by atoms with van der Waals surface area (Å²) in [6.07, 6.45) is 6.05. The first-order valence-corrected chi connectivity index (χ1v) is 10.1. The minimum Gasteiger partial charge on any atom is -0.372 e. The first-order valence-electron chi connectivity index (χ1n) is 10.1. The predicted molar refractivity (Wildman–Crippen MR) is 115 cm³/mol. The lowest BCUT2D eigenvalue weighted by Crippen LogP contribution is -2.39. The van der Waals surface area contributed by atoms with Crippen molar-refractivity contribution in [3.63, 3.8) is 0 Å². The third kappa shape index (κ3) is 5.34. The summed E-state index contributed by atoms with van der Waals surface area (Å²) < 4.78 is 5.76. The minimum absolute atomic E-state index is 0. The number of anilines is 1. The Bertz CT molecular complexity index is 737. The molecule has 3 atom stereocenters. The van der Waals surface area contributed by atoms with E-state index in [0.717, 1.165) is 17.7 Å². The number of fused-ring (bicyclic) bond motifs is 1. The molecule has 2 N–H and O–H groups in total. The summed E-state index contributed by atoms with van der Waals surface area (Å²) in [7, 11) is 0. The summed E-state index contributed by atoms with van der Waals surface area (Å²) in [5.41, 5.74) is 3.13. The van der Waals surface area contributed by atoms with Crippen molar-refractivity contribution >= 4 is 24.0 Å². The molecule has 0 spiro atoms. The van der Waals surface area contributed by atoms with Gasteiger partial charge in [0.25, 0.3) is 0 Å². The fourth-order valence-corrected chi connectivity index (χ4v) is 4.30. The van der Waals surface area contributed by atoms with Gasteiger partial charge >= 0.3 is 0 Å². The average molecular weight is 401 g/mol. The third-order valence-electron chi connectivity index (χ3n) is 5.78. The van der Waals surface area contributed by atoms with Crippen LogP contribution in [0, 0.1) is 5.92 Å². The summed E-state index contributed by atoms with van der Waals surface area (Å²) in [6.45, 7) is 1.17. The molecule has 1 aliphatic carbocycles. The summed E-state index contributed by atoms with van der Waals surface area (Å²) >= 11 is 0. The number of rotatable bonds is 6. The Morgan fingerprint density at radius 1 is 0.964 bits per heavy atom. The monoisotopic (exact) mass is 400 g/mol. The van der Waals surface area contributed by atoms with Crippen molar-refractivity contribution in [1.29, 1.82) is 0 Å². The maximum atomic E-state index is 12.6. The molecule has 4 nitrogen and oxygen atoms in total. The Hall–Kier alpha value is -1.88. The number of hydrogen-bond acceptors (Lipinski definition) is 3. The van der Waals surface area contributed by atoms with Crippen LogP contribution in [0.5, 0.6) is 0 Å². The van der Waals surface area contributed by atoms with Crippen LogP contribution in [0.2, 0.25) is 0 Å². The first-order chi connectivity index (χ1) is 13.3. The highest BCUT2D eigenvalue weighted by Crippen LogP contribution is 2.33. The van der Waals surface area contributed by atoms with Crippen LogP contribution in [0.15, 0.2) is 54.6 Å². The van der Waals surface area contributed by atoms with Crippen molar-refractivity contribution in [2.75, 3.05) is 5.32 Å². The second-order valence-electron chi connectivity index (χ2n) is 7.77. The molecule has 2 aliphatic rings. The highest BCUT2D eigenvalue weighted by atomic mass is 35.5. The predicted octanol–water partition coefficient (Wildman–Crippen LogP) is 4.68. The standard InChI is InChI=1S/C23H28N2O2.ClH/c26-23(22-14-19-8-4-5-9-21(19)25-22)24-20-12-10-18(11-13-20)16-27-15-17-6-2-1-3-7-17;/h1-3,6-7,10-13,19,21-22,25H,4-5,8-9,14-16H2,(H,24,26);1H. The van der Waals surface area contributed by atoms with Crippen molar-refractivity contribution in [3.05, 3.63) is 65.7 Å². The van der Waals surface area contributed by atoms with Gasteiger partial charge in [0.05, 0.1) is 19.3 Å². The molecule has 2 fully saturated rings. The molecule has 3 unspecified atom stereocenters. The van der Waals surface area contributed by atoms with Crippen LogP contribution in [0.25, 0.3) is 0 Å².